The van der Waals surface area contributed by atoms with Gasteiger partial charge in [0.25, 0.3) is 0 Å². The highest BCUT2D eigenvalue weighted by Crippen LogP contribution is 2.11. The minimum Gasteiger partial charge on any atom is -0.294 e. The molecule has 1 aromatic heterocycles. The van der Waals surface area contributed by atoms with Crippen LogP contribution in [-0.2, 0) is 12.8 Å². The van der Waals surface area contributed by atoms with Crippen molar-refractivity contribution in [3.8, 4) is 0 Å². The summed E-state index contributed by atoms with van der Waals surface area (Å²) in [7, 11) is 0. The number of Topliss-reactive ketones (excluding diaryl/α,β-unsaturated/α-hetero) is 1. The van der Waals surface area contributed by atoms with E-state index in [1.54, 1.807) is 18.5 Å². The molecule has 0 fully saturated rings. The normalized spacial score (nSPS) is 10.7. The van der Waals surface area contributed by atoms with Crippen LogP contribution in [0.25, 0.3) is 0 Å². The second kappa shape index (κ2) is 6.23. The molecule has 2 aromatic rings. The maximum atomic E-state index is 12.1. The summed E-state index contributed by atoms with van der Waals surface area (Å²) in [5, 5.41) is 0. The lowest BCUT2D eigenvalue weighted by atomic mass is 10.00. The van der Waals surface area contributed by atoms with Gasteiger partial charge in [-0.3, -0.25) is 4.79 Å². The second-order valence-electron chi connectivity index (χ2n) is 5.06. The number of rotatable bonds is 5. The van der Waals surface area contributed by atoms with Crippen LogP contribution in [0.4, 0.5) is 0 Å². The third-order valence-corrected chi connectivity index (χ3v) is 2.86. The molecule has 19 heavy (non-hydrogen) atoms. The molecule has 0 saturated heterocycles. The largest absolute Gasteiger partial charge is 0.294 e. The number of nitrogens with zero attached hydrogens (tertiary/aromatic N) is 2. The van der Waals surface area contributed by atoms with Gasteiger partial charge < -0.3 is 0 Å². The van der Waals surface area contributed by atoms with E-state index in [9.17, 15) is 4.79 Å². The number of hydrogen-bond acceptors (Lipinski definition) is 3. The average molecular weight is 254 g/mol. The molecule has 0 saturated carbocycles. The van der Waals surface area contributed by atoms with Gasteiger partial charge in [-0.1, -0.05) is 38.1 Å². The molecule has 3 heteroatoms. The smallest absolute Gasteiger partial charge is 0.170 e. The molecule has 1 heterocycles. The number of ketones is 1. The Morgan fingerprint density at radius 3 is 2.32 bits per heavy atom. The molecule has 0 amide bonds. The van der Waals surface area contributed by atoms with Gasteiger partial charge in [0.15, 0.2) is 5.78 Å². The maximum Gasteiger partial charge on any atom is 0.170 e. The topological polar surface area (TPSA) is 42.9 Å². The van der Waals surface area contributed by atoms with Crippen LogP contribution < -0.4 is 0 Å². The van der Waals surface area contributed by atoms with Crippen molar-refractivity contribution in [1.82, 2.24) is 9.97 Å². The van der Waals surface area contributed by atoms with E-state index in [4.69, 9.17) is 0 Å². The van der Waals surface area contributed by atoms with Gasteiger partial charge in [-0.05, 0) is 24.0 Å². The van der Waals surface area contributed by atoms with Crippen LogP contribution in [0.1, 0.15) is 35.6 Å². The van der Waals surface area contributed by atoms with E-state index in [0.717, 1.165) is 12.0 Å². The fraction of sp³-hybridized carbons (Fsp3) is 0.312. The first-order chi connectivity index (χ1) is 9.15. The highest BCUT2D eigenvalue weighted by molar-refractivity contribution is 5.97. The van der Waals surface area contributed by atoms with Gasteiger partial charge in [-0.25, -0.2) is 9.97 Å². The fourth-order valence-corrected chi connectivity index (χ4v) is 1.97. The van der Waals surface area contributed by atoms with Crippen molar-refractivity contribution in [3.63, 3.8) is 0 Å². The zero-order valence-electron chi connectivity index (χ0n) is 11.3. The third kappa shape index (κ3) is 3.98. The van der Waals surface area contributed by atoms with Gasteiger partial charge in [0, 0.05) is 18.0 Å². The summed E-state index contributed by atoms with van der Waals surface area (Å²) in [6.07, 6.45) is 4.60. The van der Waals surface area contributed by atoms with Gasteiger partial charge in [-0.15, -0.1) is 0 Å². The predicted octanol–water partition coefficient (Wildman–Crippen LogP) is 3.10. The third-order valence-electron chi connectivity index (χ3n) is 2.86. The van der Waals surface area contributed by atoms with E-state index in [1.807, 2.05) is 24.3 Å². The van der Waals surface area contributed by atoms with Crippen LogP contribution in [0.3, 0.4) is 0 Å². The Morgan fingerprint density at radius 2 is 1.74 bits per heavy atom. The Labute approximate surface area is 113 Å². The molecule has 0 aliphatic heterocycles. The van der Waals surface area contributed by atoms with Crippen molar-refractivity contribution < 1.29 is 4.79 Å². The predicted molar refractivity (Wildman–Crippen MR) is 75.1 cm³/mol. The van der Waals surface area contributed by atoms with Crippen LogP contribution in [0.15, 0.2) is 42.7 Å². The SMILES string of the molecule is CC(C)Cc1ccc(C(=O)Cc2ncccn2)cc1. The summed E-state index contributed by atoms with van der Waals surface area (Å²) in [6.45, 7) is 4.37. The lowest BCUT2D eigenvalue weighted by molar-refractivity contribution is 0.0991. The first kappa shape index (κ1) is 13.4. The first-order valence-corrected chi connectivity index (χ1v) is 6.53. The van der Waals surface area contributed by atoms with Crippen molar-refractivity contribution in [2.24, 2.45) is 5.92 Å². The standard InChI is InChI=1S/C16H18N2O/c1-12(2)10-13-4-6-14(7-5-13)15(19)11-16-17-8-3-9-18-16/h3-9,12H,10-11H2,1-2H3. The molecule has 0 bridgehead atoms. The molecule has 0 N–H and O–H groups in total. The summed E-state index contributed by atoms with van der Waals surface area (Å²) in [5.41, 5.74) is 1.99. The average Bonchev–Trinajstić information content (AvgIpc) is 2.40. The minimum absolute atomic E-state index is 0.0577. The van der Waals surface area contributed by atoms with E-state index >= 15 is 0 Å². The maximum absolute atomic E-state index is 12.1. The molecular weight excluding hydrogens is 236 g/mol. The number of carbonyl (C=O) groups excluding carboxylic acids is 1. The van der Waals surface area contributed by atoms with Crippen LogP contribution >= 0.6 is 0 Å². The van der Waals surface area contributed by atoms with Gasteiger partial charge in [-0.2, -0.15) is 0 Å². The summed E-state index contributed by atoms with van der Waals surface area (Å²) in [6, 6.07) is 9.58. The number of hydrogen-bond donors (Lipinski definition) is 0. The monoisotopic (exact) mass is 254 g/mol. The second-order valence-corrected chi connectivity index (χ2v) is 5.06. The summed E-state index contributed by atoms with van der Waals surface area (Å²) in [4.78, 5) is 20.2. The van der Waals surface area contributed by atoms with Gasteiger partial charge in [0.1, 0.15) is 5.82 Å². The Hall–Kier alpha value is -2.03. The minimum atomic E-state index is 0.0577. The van der Waals surface area contributed by atoms with Crippen LogP contribution in [0, 0.1) is 5.92 Å². The highest BCUT2D eigenvalue weighted by Gasteiger charge is 2.08. The molecule has 3 nitrogen and oxygen atoms in total. The molecule has 2 rings (SSSR count). The zero-order chi connectivity index (χ0) is 13.7. The molecule has 0 aliphatic carbocycles. The van der Waals surface area contributed by atoms with Crippen LogP contribution in [0.2, 0.25) is 0 Å². The summed E-state index contributed by atoms with van der Waals surface area (Å²) < 4.78 is 0. The zero-order valence-corrected chi connectivity index (χ0v) is 11.3. The van der Waals surface area contributed by atoms with Gasteiger partial charge >= 0.3 is 0 Å². The highest BCUT2D eigenvalue weighted by atomic mass is 16.1. The van der Waals surface area contributed by atoms with E-state index in [0.29, 0.717) is 11.7 Å². The molecule has 1 aromatic carbocycles. The van der Waals surface area contributed by atoms with Crippen LogP contribution in [0.5, 0.6) is 0 Å². The van der Waals surface area contributed by atoms with Gasteiger partial charge in [0.2, 0.25) is 0 Å². The van der Waals surface area contributed by atoms with Crippen molar-refractivity contribution in [1.29, 1.82) is 0 Å². The summed E-state index contributed by atoms with van der Waals surface area (Å²) in [5.74, 6) is 1.25. The Balaban J connectivity index is 2.04. The Morgan fingerprint density at radius 1 is 1.11 bits per heavy atom. The van der Waals surface area contributed by atoms with E-state index in [-0.39, 0.29) is 12.2 Å². The Kier molecular flexibility index (Phi) is 4.39. The molecular formula is C16H18N2O. The fourth-order valence-electron chi connectivity index (χ4n) is 1.97. The lowest BCUT2D eigenvalue weighted by Crippen LogP contribution is -2.06. The van der Waals surface area contributed by atoms with E-state index in [2.05, 4.69) is 23.8 Å². The van der Waals surface area contributed by atoms with Crippen molar-refractivity contribution >= 4 is 5.78 Å². The quantitative estimate of drug-likeness (QED) is 0.770. The van der Waals surface area contributed by atoms with Crippen molar-refractivity contribution in [2.75, 3.05) is 0 Å². The van der Waals surface area contributed by atoms with Crippen LogP contribution in [-0.4, -0.2) is 15.8 Å². The number of benzene rings is 1. The molecule has 0 spiro atoms. The van der Waals surface area contributed by atoms with Gasteiger partial charge in [0.05, 0.1) is 6.42 Å². The molecule has 0 atom stereocenters. The number of carbonyl (C=O) groups is 1. The lowest BCUT2D eigenvalue weighted by Gasteiger charge is -2.06. The van der Waals surface area contributed by atoms with Crippen molar-refractivity contribution in [3.05, 3.63) is 59.7 Å². The first-order valence-electron chi connectivity index (χ1n) is 6.53. The van der Waals surface area contributed by atoms with Crippen molar-refractivity contribution in [2.45, 2.75) is 26.7 Å². The molecule has 0 aliphatic rings. The summed E-state index contributed by atoms with van der Waals surface area (Å²) >= 11 is 0. The Bertz CT molecular complexity index is 532. The molecule has 0 unspecified atom stereocenters. The van der Waals surface area contributed by atoms with E-state index in [1.165, 1.54) is 5.56 Å². The molecule has 98 valence electrons. The molecule has 0 radical (unpaired) electrons. The van der Waals surface area contributed by atoms with E-state index < -0.39 is 0 Å². The number of aromatic nitrogens is 2.